The molecule has 0 aliphatic heterocycles. The number of hydrogen-bond donors (Lipinski definition) is 0. The molecule has 0 amide bonds. The van der Waals surface area contributed by atoms with Gasteiger partial charge in [0.1, 0.15) is 0 Å². The Morgan fingerprint density at radius 1 is 0.864 bits per heavy atom. The summed E-state index contributed by atoms with van der Waals surface area (Å²) in [4.78, 5) is 22.4. The fourth-order valence-corrected chi connectivity index (χ4v) is 5.16. The molecular weight excluding hydrogens is 280 g/mol. The lowest BCUT2D eigenvalue weighted by molar-refractivity contribution is -0.140. The van der Waals surface area contributed by atoms with Crippen molar-refractivity contribution in [2.45, 2.75) is 25.7 Å². The summed E-state index contributed by atoms with van der Waals surface area (Å²) >= 11 is 0. The molecule has 0 radical (unpaired) electrons. The maximum absolute atomic E-state index is 11.2. The van der Waals surface area contributed by atoms with Crippen LogP contribution in [-0.4, -0.2) is 25.2 Å². The average molecular weight is 304 g/mol. The van der Waals surface area contributed by atoms with Crippen LogP contribution in [-0.2, 0) is 19.1 Å². The third kappa shape index (κ3) is 2.83. The summed E-state index contributed by atoms with van der Waals surface area (Å²) < 4.78 is 10.5. The maximum Gasteiger partial charge on any atom is 0.330 e. The van der Waals surface area contributed by atoms with E-state index in [2.05, 4.69) is 13.2 Å². The summed E-state index contributed by atoms with van der Waals surface area (Å²) in [5, 5.41) is 0. The van der Waals surface area contributed by atoms with E-state index in [9.17, 15) is 9.59 Å². The zero-order valence-electron chi connectivity index (χ0n) is 12.9. The van der Waals surface area contributed by atoms with Gasteiger partial charge < -0.3 is 9.47 Å². The smallest absolute Gasteiger partial charge is 0.330 e. The Balaban J connectivity index is 1.51. The molecule has 0 aromatic rings. The van der Waals surface area contributed by atoms with Crippen LogP contribution in [0.3, 0.4) is 0 Å². The third-order valence-electron chi connectivity index (χ3n) is 5.94. The molecule has 2 bridgehead atoms. The second-order valence-corrected chi connectivity index (χ2v) is 6.99. The highest BCUT2D eigenvalue weighted by atomic mass is 16.5. The van der Waals surface area contributed by atoms with Crippen molar-refractivity contribution in [3.63, 3.8) is 0 Å². The van der Waals surface area contributed by atoms with Crippen molar-refractivity contribution in [2.75, 3.05) is 13.2 Å². The molecule has 3 saturated carbocycles. The molecule has 0 aromatic carbocycles. The average Bonchev–Trinajstić information content (AvgIpc) is 3.20. The molecule has 3 aliphatic carbocycles. The van der Waals surface area contributed by atoms with Crippen LogP contribution in [0, 0.1) is 35.5 Å². The number of hydrogen-bond acceptors (Lipinski definition) is 4. The lowest BCUT2D eigenvalue weighted by atomic mass is 9.76. The molecule has 3 fully saturated rings. The van der Waals surface area contributed by atoms with E-state index in [0.717, 1.165) is 24.2 Å². The van der Waals surface area contributed by atoms with Gasteiger partial charge in [0.25, 0.3) is 0 Å². The predicted octanol–water partition coefficient (Wildman–Crippen LogP) is 2.74. The minimum absolute atomic E-state index is 0.319. The van der Waals surface area contributed by atoms with Crippen molar-refractivity contribution in [3.8, 4) is 0 Å². The van der Waals surface area contributed by atoms with E-state index >= 15 is 0 Å². The number of ether oxygens (including phenoxy) is 2. The van der Waals surface area contributed by atoms with E-state index in [1.807, 2.05) is 0 Å². The van der Waals surface area contributed by atoms with Crippen molar-refractivity contribution >= 4 is 11.9 Å². The summed E-state index contributed by atoms with van der Waals surface area (Å²) in [6.45, 7) is 7.92. The molecular formula is C18H24O4. The topological polar surface area (TPSA) is 52.6 Å². The molecule has 120 valence electrons. The predicted molar refractivity (Wildman–Crippen MR) is 81.7 cm³/mol. The SMILES string of the molecule is C=CC(=O)OCC1CC2C3CC(COC(=O)C=C)C(C3)[C@H]2C1. The van der Waals surface area contributed by atoms with E-state index in [1.54, 1.807) is 0 Å². The van der Waals surface area contributed by atoms with E-state index in [-0.39, 0.29) is 11.9 Å². The molecule has 0 N–H and O–H groups in total. The highest BCUT2D eigenvalue weighted by Gasteiger charge is 2.55. The van der Waals surface area contributed by atoms with Gasteiger partial charge in [-0.15, -0.1) is 0 Å². The normalized spacial score (nSPS) is 38.4. The Labute approximate surface area is 131 Å². The van der Waals surface area contributed by atoms with Gasteiger partial charge >= 0.3 is 11.9 Å². The zero-order valence-corrected chi connectivity index (χ0v) is 12.9. The lowest BCUT2D eigenvalue weighted by Gasteiger charge is -2.31. The van der Waals surface area contributed by atoms with Crippen molar-refractivity contribution in [3.05, 3.63) is 25.3 Å². The third-order valence-corrected chi connectivity index (χ3v) is 5.94. The van der Waals surface area contributed by atoms with E-state index in [0.29, 0.717) is 31.0 Å². The number of esters is 2. The first-order valence-electron chi connectivity index (χ1n) is 8.20. The molecule has 22 heavy (non-hydrogen) atoms. The second-order valence-electron chi connectivity index (χ2n) is 6.99. The van der Waals surface area contributed by atoms with Gasteiger partial charge in [0.2, 0.25) is 0 Å². The number of carbonyl (C=O) groups excluding carboxylic acids is 2. The minimum Gasteiger partial charge on any atom is -0.462 e. The Hall–Kier alpha value is -1.58. The van der Waals surface area contributed by atoms with Gasteiger partial charge in [0.05, 0.1) is 13.2 Å². The highest BCUT2D eigenvalue weighted by molar-refractivity contribution is 5.81. The molecule has 4 nitrogen and oxygen atoms in total. The molecule has 4 heteroatoms. The molecule has 5 unspecified atom stereocenters. The minimum atomic E-state index is -0.325. The van der Waals surface area contributed by atoms with Crippen LogP contribution in [0.5, 0.6) is 0 Å². The Morgan fingerprint density at radius 3 is 2.18 bits per heavy atom. The zero-order chi connectivity index (χ0) is 15.7. The molecule has 0 spiro atoms. The van der Waals surface area contributed by atoms with Crippen molar-refractivity contribution < 1.29 is 19.1 Å². The van der Waals surface area contributed by atoms with Crippen LogP contribution in [0.4, 0.5) is 0 Å². The summed E-state index contributed by atoms with van der Waals surface area (Å²) in [5.74, 6) is 3.29. The first kappa shape index (κ1) is 15.3. The van der Waals surface area contributed by atoms with Gasteiger partial charge in [-0.25, -0.2) is 9.59 Å². The maximum atomic E-state index is 11.2. The first-order valence-corrected chi connectivity index (χ1v) is 8.20. The molecule has 3 aliphatic rings. The van der Waals surface area contributed by atoms with Gasteiger partial charge in [0.15, 0.2) is 0 Å². The molecule has 0 saturated heterocycles. The molecule has 3 rings (SSSR count). The summed E-state index contributed by atoms with van der Waals surface area (Å²) in [6.07, 6.45) is 7.23. The van der Waals surface area contributed by atoms with Gasteiger partial charge in [0, 0.05) is 12.2 Å². The summed E-state index contributed by atoms with van der Waals surface area (Å²) in [6, 6.07) is 0. The number of fused-ring (bicyclic) bond motifs is 5. The van der Waals surface area contributed by atoms with Crippen LogP contribution in [0.1, 0.15) is 25.7 Å². The summed E-state index contributed by atoms with van der Waals surface area (Å²) in [5.41, 5.74) is 0. The number of rotatable bonds is 6. The number of carbonyl (C=O) groups is 2. The van der Waals surface area contributed by atoms with E-state index < -0.39 is 0 Å². The monoisotopic (exact) mass is 304 g/mol. The Kier molecular flexibility index (Phi) is 4.37. The van der Waals surface area contributed by atoms with Crippen LogP contribution in [0.2, 0.25) is 0 Å². The van der Waals surface area contributed by atoms with Gasteiger partial charge in [-0.2, -0.15) is 0 Å². The fraction of sp³-hybridized carbons (Fsp3) is 0.667. The van der Waals surface area contributed by atoms with E-state index in [4.69, 9.17) is 9.47 Å². The second kappa shape index (κ2) is 6.27. The van der Waals surface area contributed by atoms with Crippen molar-refractivity contribution in [1.29, 1.82) is 0 Å². The first-order chi connectivity index (χ1) is 10.6. The Morgan fingerprint density at radius 2 is 1.50 bits per heavy atom. The van der Waals surface area contributed by atoms with Gasteiger partial charge in [-0.3, -0.25) is 0 Å². The molecule has 0 heterocycles. The highest BCUT2D eigenvalue weighted by Crippen LogP contribution is 2.62. The van der Waals surface area contributed by atoms with Crippen molar-refractivity contribution in [1.82, 2.24) is 0 Å². The van der Waals surface area contributed by atoms with Crippen LogP contribution >= 0.6 is 0 Å². The van der Waals surface area contributed by atoms with Crippen LogP contribution in [0.15, 0.2) is 25.3 Å². The molecule has 0 aromatic heterocycles. The van der Waals surface area contributed by atoms with Gasteiger partial charge in [-0.05, 0) is 61.2 Å². The lowest BCUT2D eigenvalue weighted by Crippen LogP contribution is -2.28. The van der Waals surface area contributed by atoms with E-state index in [1.165, 1.54) is 31.4 Å². The quantitative estimate of drug-likeness (QED) is 0.559. The fourth-order valence-electron chi connectivity index (χ4n) is 5.16. The van der Waals surface area contributed by atoms with Crippen molar-refractivity contribution in [2.24, 2.45) is 35.5 Å². The van der Waals surface area contributed by atoms with Gasteiger partial charge in [-0.1, -0.05) is 13.2 Å². The van der Waals surface area contributed by atoms with Crippen LogP contribution < -0.4 is 0 Å². The van der Waals surface area contributed by atoms with Crippen LogP contribution in [0.25, 0.3) is 0 Å². The largest absolute Gasteiger partial charge is 0.462 e. The molecule has 6 atom stereocenters. The summed E-state index contributed by atoms with van der Waals surface area (Å²) in [7, 11) is 0. The standard InChI is InChI=1S/C18H24O4/c1-3-17(19)21-9-11-5-14-12-7-13(10-22-18(20)4-2)15(8-12)16(14)6-11/h3-4,11-16H,1-2,5-10H2/t11?,12?,13?,14?,15?,16-/m0/s1. The Bertz CT molecular complexity index is 483.